The zero-order valence-electron chi connectivity index (χ0n) is 11.3. The van der Waals surface area contributed by atoms with Crippen LogP contribution in [0.1, 0.15) is 5.69 Å². The number of nitrogens with one attached hydrogen (secondary N) is 2. The van der Waals surface area contributed by atoms with E-state index in [-0.39, 0.29) is 12.3 Å². The zero-order chi connectivity index (χ0) is 14.5. The lowest BCUT2D eigenvalue weighted by atomic mass is 10.1. The van der Waals surface area contributed by atoms with E-state index in [2.05, 4.69) is 20.5 Å². The minimum absolute atomic E-state index is 0.0806. The number of carbonyl (C=O) groups is 1. The number of H-pyrrole nitrogens is 1. The number of nitrogens with zero attached hydrogens (tertiary/aromatic N) is 2. The molecule has 0 saturated carbocycles. The molecule has 1 amide bonds. The van der Waals surface area contributed by atoms with Gasteiger partial charge in [-0.1, -0.05) is 18.2 Å². The molecule has 2 N–H and O–H groups in total. The number of anilines is 1. The first-order valence-corrected chi connectivity index (χ1v) is 6.61. The molecule has 0 fully saturated rings. The molecule has 0 radical (unpaired) electrons. The Morgan fingerprint density at radius 3 is 2.57 bits per heavy atom. The van der Waals surface area contributed by atoms with Gasteiger partial charge in [0, 0.05) is 23.8 Å². The first-order valence-electron chi connectivity index (χ1n) is 6.61. The van der Waals surface area contributed by atoms with Crippen molar-refractivity contribution in [3.63, 3.8) is 0 Å². The fourth-order valence-corrected chi connectivity index (χ4v) is 2.02. The van der Waals surface area contributed by atoms with E-state index in [1.807, 2.05) is 48.5 Å². The van der Waals surface area contributed by atoms with Gasteiger partial charge in [0.2, 0.25) is 5.91 Å². The van der Waals surface area contributed by atoms with Gasteiger partial charge in [-0.2, -0.15) is 5.10 Å². The van der Waals surface area contributed by atoms with Crippen molar-refractivity contribution in [1.82, 2.24) is 15.2 Å². The number of aromatic amines is 1. The van der Waals surface area contributed by atoms with Crippen molar-refractivity contribution >= 4 is 11.6 Å². The van der Waals surface area contributed by atoms with E-state index in [1.54, 1.807) is 12.4 Å². The van der Waals surface area contributed by atoms with Crippen LogP contribution in [0.4, 0.5) is 5.69 Å². The first-order chi connectivity index (χ1) is 10.3. The fourth-order valence-electron chi connectivity index (χ4n) is 2.02. The van der Waals surface area contributed by atoms with Crippen LogP contribution < -0.4 is 5.32 Å². The molecule has 1 aromatic carbocycles. The predicted molar refractivity (Wildman–Crippen MR) is 80.6 cm³/mol. The summed E-state index contributed by atoms with van der Waals surface area (Å²) in [4.78, 5) is 16.1. The molecule has 104 valence electrons. The molecule has 21 heavy (non-hydrogen) atoms. The Morgan fingerprint density at radius 2 is 1.90 bits per heavy atom. The lowest BCUT2D eigenvalue weighted by Crippen LogP contribution is -2.14. The summed E-state index contributed by atoms with van der Waals surface area (Å²) in [7, 11) is 0. The van der Waals surface area contributed by atoms with Crippen LogP contribution in [0.2, 0.25) is 0 Å². The van der Waals surface area contributed by atoms with Gasteiger partial charge in [-0.3, -0.25) is 14.9 Å². The first kappa shape index (κ1) is 13.1. The molecule has 0 aliphatic heterocycles. The molecular formula is C16H14N4O. The number of aromatic nitrogens is 3. The van der Waals surface area contributed by atoms with Crippen LogP contribution in [0, 0.1) is 0 Å². The Morgan fingerprint density at radius 1 is 1.05 bits per heavy atom. The van der Waals surface area contributed by atoms with E-state index in [1.165, 1.54) is 0 Å². The second-order valence-corrected chi connectivity index (χ2v) is 4.59. The van der Waals surface area contributed by atoms with Crippen molar-refractivity contribution in [1.29, 1.82) is 0 Å². The standard InChI is InChI=1S/C16H14N4O/c21-16(11-14-3-1-2-9-17-14)19-13-6-4-12(5-7-13)15-8-10-18-20-15/h1-10H,11H2,(H,18,20)(H,19,21). The van der Waals surface area contributed by atoms with Crippen LogP contribution in [0.5, 0.6) is 0 Å². The Labute approximate surface area is 122 Å². The second-order valence-electron chi connectivity index (χ2n) is 4.59. The minimum Gasteiger partial charge on any atom is -0.326 e. The lowest BCUT2D eigenvalue weighted by Gasteiger charge is -2.06. The zero-order valence-corrected chi connectivity index (χ0v) is 11.3. The van der Waals surface area contributed by atoms with Gasteiger partial charge in [0.05, 0.1) is 12.1 Å². The highest BCUT2D eigenvalue weighted by molar-refractivity contribution is 5.92. The van der Waals surface area contributed by atoms with Crippen LogP contribution in [-0.2, 0) is 11.2 Å². The molecule has 0 aliphatic rings. The third-order valence-corrected chi connectivity index (χ3v) is 3.05. The Kier molecular flexibility index (Phi) is 3.73. The van der Waals surface area contributed by atoms with Crippen molar-refractivity contribution in [2.75, 3.05) is 5.32 Å². The van der Waals surface area contributed by atoms with Gasteiger partial charge in [-0.25, -0.2) is 0 Å². The van der Waals surface area contributed by atoms with E-state index in [9.17, 15) is 4.79 Å². The van der Waals surface area contributed by atoms with Gasteiger partial charge in [0.1, 0.15) is 0 Å². The predicted octanol–water partition coefficient (Wildman–Crippen LogP) is 2.65. The molecule has 3 rings (SSSR count). The maximum atomic E-state index is 11.9. The van der Waals surface area contributed by atoms with Crippen LogP contribution in [-0.4, -0.2) is 21.1 Å². The Hall–Kier alpha value is -2.95. The van der Waals surface area contributed by atoms with Crippen molar-refractivity contribution in [3.8, 4) is 11.3 Å². The molecule has 0 unspecified atom stereocenters. The van der Waals surface area contributed by atoms with Crippen LogP contribution in [0.25, 0.3) is 11.3 Å². The smallest absolute Gasteiger partial charge is 0.230 e. The van der Waals surface area contributed by atoms with Crippen LogP contribution in [0.15, 0.2) is 60.9 Å². The molecule has 5 nitrogen and oxygen atoms in total. The van der Waals surface area contributed by atoms with Gasteiger partial charge in [-0.05, 0) is 35.9 Å². The van der Waals surface area contributed by atoms with Crippen LogP contribution in [0.3, 0.4) is 0 Å². The Bertz CT molecular complexity index is 706. The van der Waals surface area contributed by atoms with Gasteiger partial charge >= 0.3 is 0 Å². The molecular weight excluding hydrogens is 264 g/mol. The second kappa shape index (κ2) is 6.00. The molecule has 0 aliphatic carbocycles. The molecule has 0 spiro atoms. The molecule has 0 saturated heterocycles. The van der Waals surface area contributed by atoms with Crippen molar-refractivity contribution in [2.24, 2.45) is 0 Å². The topological polar surface area (TPSA) is 70.7 Å². The number of rotatable bonds is 4. The van der Waals surface area contributed by atoms with E-state index in [4.69, 9.17) is 0 Å². The summed E-state index contributed by atoms with van der Waals surface area (Å²) in [5.41, 5.74) is 3.49. The van der Waals surface area contributed by atoms with Gasteiger partial charge in [-0.15, -0.1) is 0 Å². The number of pyridine rings is 1. The number of amides is 1. The van der Waals surface area contributed by atoms with E-state index in [0.717, 1.165) is 22.6 Å². The molecule has 2 aromatic heterocycles. The fraction of sp³-hybridized carbons (Fsp3) is 0.0625. The van der Waals surface area contributed by atoms with Gasteiger partial charge in [0.25, 0.3) is 0 Å². The van der Waals surface area contributed by atoms with Crippen molar-refractivity contribution in [2.45, 2.75) is 6.42 Å². The summed E-state index contributed by atoms with van der Waals surface area (Å²) in [5, 5.41) is 9.67. The highest BCUT2D eigenvalue weighted by Gasteiger charge is 2.05. The third-order valence-electron chi connectivity index (χ3n) is 3.05. The molecule has 0 bridgehead atoms. The van der Waals surface area contributed by atoms with Crippen LogP contribution >= 0.6 is 0 Å². The van der Waals surface area contributed by atoms with Crippen molar-refractivity contribution in [3.05, 3.63) is 66.6 Å². The summed E-state index contributed by atoms with van der Waals surface area (Å²) < 4.78 is 0. The minimum atomic E-state index is -0.0806. The summed E-state index contributed by atoms with van der Waals surface area (Å²) >= 11 is 0. The number of hydrogen-bond donors (Lipinski definition) is 2. The maximum absolute atomic E-state index is 11.9. The number of hydrogen-bond acceptors (Lipinski definition) is 3. The third kappa shape index (κ3) is 3.33. The highest BCUT2D eigenvalue weighted by atomic mass is 16.1. The van der Waals surface area contributed by atoms with E-state index < -0.39 is 0 Å². The molecule has 3 aromatic rings. The summed E-state index contributed by atoms with van der Waals surface area (Å²) in [6.07, 6.45) is 3.66. The maximum Gasteiger partial charge on any atom is 0.230 e. The number of carbonyl (C=O) groups excluding carboxylic acids is 1. The number of benzene rings is 1. The Balaban J connectivity index is 1.64. The van der Waals surface area contributed by atoms with Gasteiger partial charge in [0.15, 0.2) is 0 Å². The SMILES string of the molecule is O=C(Cc1ccccn1)Nc1ccc(-c2ccn[nH]2)cc1. The molecule has 0 atom stereocenters. The average Bonchev–Trinajstić information content (AvgIpc) is 3.03. The summed E-state index contributed by atoms with van der Waals surface area (Å²) in [5.74, 6) is -0.0806. The molecule has 2 heterocycles. The average molecular weight is 278 g/mol. The van der Waals surface area contributed by atoms with E-state index >= 15 is 0 Å². The highest BCUT2D eigenvalue weighted by Crippen LogP contribution is 2.18. The normalized spacial score (nSPS) is 10.3. The summed E-state index contributed by atoms with van der Waals surface area (Å²) in [6.45, 7) is 0. The van der Waals surface area contributed by atoms with Gasteiger partial charge < -0.3 is 5.32 Å². The van der Waals surface area contributed by atoms with E-state index in [0.29, 0.717) is 0 Å². The quantitative estimate of drug-likeness (QED) is 0.770. The van der Waals surface area contributed by atoms with Crippen molar-refractivity contribution < 1.29 is 4.79 Å². The monoisotopic (exact) mass is 278 g/mol. The lowest BCUT2D eigenvalue weighted by molar-refractivity contribution is -0.115. The molecule has 5 heteroatoms. The summed E-state index contributed by atoms with van der Waals surface area (Å²) in [6, 6.07) is 15.0. The largest absolute Gasteiger partial charge is 0.326 e.